The van der Waals surface area contributed by atoms with Crippen LogP contribution >= 0.6 is 0 Å². The number of carbonyl (C=O) groups excluding carboxylic acids is 2. The van der Waals surface area contributed by atoms with Gasteiger partial charge in [0.05, 0.1) is 6.61 Å². The molecule has 0 fully saturated rings. The van der Waals surface area contributed by atoms with Gasteiger partial charge in [-0.05, 0) is 69.3 Å². The molecule has 0 unspecified atom stereocenters. The van der Waals surface area contributed by atoms with Crippen LogP contribution in [0.2, 0.25) is 0 Å². The number of nitrogens with one attached hydrogen (secondary N) is 3. The van der Waals surface area contributed by atoms with Gasteiger partial charge in [0.1, 0.15) is 23.3 Å². The molecule has 0 spiro atoms. The van der Waals surface area contributed by atoms with Crippen molar-refractivity contribution in [1.82, 2.24) is 10.6 Å². The van der Waals surface area contributed by atoms with Gasteiger partial charge in [-0.1, -0.05) is 0 Å². The summed E-state index contributed by atoms with van der Waals surface area (Å²) in [4.78, 5) is 23.3. The van der Waals surface area contributed by atoms with Crippen molar-refractivity contribution in [2.75, 3.05) is 18.5 Å². The van der Waals surface area contributed by atoms with E-state index < -0.39 is 18.0 Å². The van der Waals surface area contributed by atoms with E-state index in [-0.39, 0.29) is 0 Å². The van der Waals surface area contributed by atoms with Crippen LogP contribution in [0.25, 0.3) is 0 Å². The minimum absolute atomic E-state index is 0.407. The lowest BCUT2D eigenvalue weighted by atomic mass is 10.2. The Kier molecular flexibility index (Phi) is 7.49. The number of hydrogen-bond donors (Lipinski definition) is 3. The van der Waals surface area contributed by atoms with E-state index in [1.165, 1.54) is 0 Å². The fraction of sp³-hybridized carbons (Fsp3) is 0.300. The van der Waals surface area contributed by atoms with Gasteiger partial charge in [0, 0.05) is 12.2 Å². The number of anilines is 1. The Morgan fingerprint density at radius 2 is 1.48 bits per heavy atom. The maximum Gasteiger partial charge on any atom is 0.321 e. The third kappa shape index (κ3) is 6.54. The van der Waals surface area contributed by atoms with Gasteiger partial charge in [0.15, 0.2) is 0 Å². The van der Waals surface area contributed by atoms with Crippen molar-refractivity contribution in [3.05, 3.63) is 48.5 Å². The van der Waals surface area contributed by atoms with Gasteiger partial charge in [-0.2, -0.15) is 0 Å². The van der Waals surface area contributed by atoms with Crippen LogP contribution in [0.15, 0.2) is 48.5 Å². The Bertz CT molecular complexity index is 745. The number of imide groups is 1. The molecule has 0 saturated heterocycles. The molecule has 0 aliphatic rings. The number of amides is 3. The molecule has 0 heterocycles. The van der Waals surface area contributed by atoms with Crippen molar-refractivity contribution in [2.24, 2.45) is 0 Å². The standard InChI is InChI=1S/C20H25N3O4/c1-4-21-20(25)23-19(24)14(3)22-15-6-8-17(9-7-15)27-18-12-10-16(11-13-18)26-5-2/h6-14,22H,4-5H2,1-3H3,(H2,21,23,24,25)/t14-/m0/s1. The molecule has 0 aromatic heterocycles. The first-order valence-electron chi connectivity index (χ1n) is 8.87. The molecule has 0 bridgehead atoms. The molecule has 144 valence electrons. The molecule has 0 radical (unpaired) electrons. The summed E-state index contributed by atoms with van der Waals surface area (Å²) in [6, 6.07) is 13.5. The largest absolute Gasteiger partial charge is 0.494 e. The predicted molar refractivity (Wildman–Crippen MR) is 104 cm³/mol. The van der Waals surface area contributed by atoms with Gasteiger partial charge in [-0.25, -0.2) is 4.79 Å². The molecule has 7 nitrogen and oxygen atoms in total. The van der Waals surface area contributed by atoms with Crippen molar-refractivity contribution >= 4 is 17.6 Å². The van der Waals surface area contributed by atoms with E-state index in [0.717, 1.165) is 11.4 Å². The molecule has 0 aliphatic heterocycles. The number of rotatable bonds is 8. The molecule has 0 saturated carbocycles. The molecule has 27 heavy (non-hydrogen) atoms. The lowest BCUT2D eigenvalue weighted by Crippen LogP contribution is -2.45. The fourth-order valence-electron chi connectivity index (χ4n) is 2.27. The molecule has 1 atom stereocenters. The summed E-state index contributed by atoms with van der Waals surface area (Å²) in [7, 11) is 0. The van der Waals surface area contributed by atoms with Gasteiger partial charge >= 0.3 is 6.03 Å². The highest BCUT2D eigenvalue weighted by Gasteiger charge is 2.15. The second-order valence-corrected chi connectivity index (χ2v) is 5.75. The Hall–Kier alpha value is -3.22. The van der Waals surface area contributed by atoms with E-state index >= 15 is 0 Å². The van der Waals surface area contributed by atoms with E-state index in [4.69, 9.17) is 9.47 Å². The second kappa shape index (κ2) is 10.1. The Labute approximate surface area is 159 Å². The third-order valence-electron chi connectivity index (χ3n) is 3.58. The number of carbonyl (C=O) groups is 2. The van der Waals surface area contributed by atoms with Crippen molar-refractivity contribution in [1.29, 1.82) is 0 Å². The van der Waals surface area contributed by atoms with E-state index in [1.54, 1.807) is 38.1 Å². The maximum atomic E-state index is 11.9. The number of hydrogen-bond acceptors (Lipinski definition) is 5. The highest BCUT2D eigenvalue weighted by molar-refractivity contribution is 5.97. The normalized spacial score (nSPS) is 11.2. The fourth-order valence-corrected chi connectivity index (χ4v) is 2.27. The summed E-state index contributed by atoms with van der Waals surface area (Å²) in [5.41, 5.74) is 0.743. The van der Waals surface area contributed by atoms with Crippen LogP contribution < -0.4 is 25.4 Å². The van der Waals surface area contributed by atoms with Crippen LogP contribution in [0.1, 0.15) is 20.8 Å². The van der Waals surface area contributed by atoms with Crippen LogP contribution in [-0.2, 0) is 4.79 Å². The minimum Gasteiger partial charge on any atom is -0.494 e. The molecule has 2 aromatic rings. The molecule has 2 aromatic carbocycles. The summed E-state index contributed by atoms with van der Waals surface area (Å²) in [6.07, 6.45) is 0. The van der Waals surface area contributed by atoms with Gasteiger partial charge in [-0.15, -0.1) is 0 Å². The molecule has 2 rings (SSSR count). The minimum atomic E-state index is -0.564. The number of benzene rings is 2. The van der Waals surface area contributed by atoms with E-state index in [0.29, 0.717) is 24.7 Å². The van der Waals surface area contributed by atoms with Crippen LogP contribution in [0, 0.1) is 0 Å². The average molecular weight is 371 g/mol. The van der Waals surface area contributed by atoms with Gasteiger partial charge in [-0.3, -0.25) is 10.1 Å². The van der Waals surface area contributed by atoms with Crippen molar-refractivity contribution < 1.29 is 19.1 Å². The molecular formula is C20H25N3O4. The van der Waals surface area contributed by atoms with E-state index in [2.05, 4.69) is 16.0 Å². The molecule has 3 N–H and O–H groups in total. The van der Waals surface area contributed by atoms with Crippen LogP contribution in [0.3, 0.4) is 0 Å². The van der Waals surface area contributed by atoms with Crippen LogP contribution in [0.5, 0.6) is 17.2 Å². The summed E-state index contributed by atoms with van der Waals surface area (Å²) in [5, 5.41) is 7.82. The van der Waals surface area contributed by atoms with Gasteiger partial charge in [0.25, 0.3) is 0 Å². The SMILES string of the molecule is CCNC(=O)NC(=O)[C@H](C)Nc1ccc(Oc2ccc(OCC)cc2)cc1. The zero-order chi connectivity index (χ0) is 19.6. The smallest absolute Gasteiger partial charge is 0.321 e. The summed E-state index contributed by atoms with van der Waals surface area (Å²) in [5.74, 6) is 1.76. The molecule has 3 amide bonds. The summed E-state index contributed by atoms with van der Waals surface area (Å²) < 4.78 is 11.2. The molecule has 0 aliphatic carbocycles. The quantitative estimate of drug-likeness (QED) is 0.661. The highest BCUT2D eigenvalue weighted by atomic mass is 16.5. The van der Waals surface area contributed by atoms with Crippen LogP contribution in [-0.4, -0.2) is 31.1 Å². The Morgan fingerprint density at radius 1 is 0.926 bits per heavy atom. The van der Waals surface area contributed by atoms with Crippen LogP contribution in [0.4, 0.5) is 10.5 Å². The summed E-state index contributed by atoms with van der Waals surface area (Å²) in [6.45, 7) is 6.47. The predicted octanol–water partition coefficient (Wildman–Crippen LogP) is 3.52. The number of ether oxygens (including phenoxy) is 2. The first kappa shape index (κ1) is 20.1. The maximum absolute atomic E-state index is 11.9. The topological polar surface area (TPSA) is 88.7 Å². The van der Waals surface area contributed by atoms with Crippen molar-refractivity contribution in [2.45, 2.75) is 26.8 Å². The van der Waals surface area contributed by atoms with Crippen molar-refractivity contribution in [3.63, 3.8) is 0 Å². The number of urea groups is 1. The van der Waals surface area contributed by atoms with Crippen molar-refractivity contribution in [3.8, 4) is 17.2 Å². The first-order valence-corrected chi connectivity index (χ1v) is 8.87. The second-order valence-electron chi connectivity index (χ2n) is 5.75. The monoisotopic (exact) mass is 371 g/mol. The third-order valence-corrected chi connectivity index (χ3v) is 3.58. The lowest BCUT2D eigenvalue weighted by Gasteiger charge is -2.15. The van der Waals surface area contributed by atoms with Gasteiger partial charge < -0.3 is 20.1 Å². The average Bonchev–Trinajstić information content (AvgIpc) is 2.65. The zero-order valence-corrected chi connectivity index (χ0v) is 15.7. The van der Waals surface area contributed by atoms with E-state index in [1.807, 2.05) is 31.2 Å². The zero-order valence-electron chi connectivity index (χ0n) is 15.7. The summed E-state index contributed by atoms with van der Waals surface area (Å²) >= 11 is 0. The first-order chi connectivity index (χ1) is 13.0. The molecule has 7 heteroatoms. The van der Waals surface area contributed by atoms with E-state index in [9.17, 15) is 9.59 Å². The molecular weight excluding hydrogens is 346 g/mol. The van der Waals surface area contributed by atoms with Gasteiger partial charge in [0.2, 0.25) is 5.91 Å². The Morgan fingerprint density at radius 3 is 2.04 bits per heavy atom. The Balaban J connectivity index is 1.88. The lowest BCUT2D eigenvalue weighted by molar-refractivity contribution is -0.120. The highest BCUT2D eigenvalue weighted by Crippen LogP contribution is 2.25.